The Labute approximate surface area is 134 Å². The molecule has 6 nitrogen and oxygen atoms in total. The largest absolute Gasteiger partial charge is 0.309 e. The highest BCUT2D eigenvalue weighted by atomic mass is 16.1. The van der Waals surface area contributed by atoms with Crippen molar-refractivity contribution in [2.75, 3.05) is 0 Å². The number of benzene rings is 1. The second-order valence-electron chi connectivity index (χ2n) is 6.00. The first-order chi connectivity index (χ1) is 11.0. The fourth-order valence-corrected chi connectivity index (χ4v) is 2.72. The Bertz CT molecular complexity index is 867. The van der Waals surface area contributed by atoms with Crippen LogP contribution in [0.2, 0.25) is 0 Å². The molecule has 2 atom stereocenters. The van der Waals surface area contributed by atoms with Crippen LogP contribution in [0.15, 0.2) is 41.5 Å². The minimum atomic E-state index is -0.102. The summed E-state index contributed by atoms with van der Waals surface area (Å²) in [5.74, 6) is 0.650. The number of para-hydroxylation sites is 1. The number of nitrogens with one attached hydrogen (secondary N) is 2. The van der Waals surface area contributed by atoms with E-state index in [4.69, 9.17) is 0 Å². The van der Waals surface area contributed by atoms with Crippen molar-refractivity contribution in [1.82, 2.24) is 25.1 Å². The number of nitrogens with zero attached hydrogens (tertiary/aromatic N) is 3. The lowest BCUT2D eigenvalue weighted by Gasteiger charge is -2.19. The Balaban J connectivity index is 1.75. The molecule has 0 fully saturated rings. The molecule has 120 valence electrons. The number of rotatable bonds is 5. The van der Waals surface area contributed by atoms with Crippen molar-refractivity contribution in [2.24, 2.45) is 0 Å². The maximum atomic E-state index is 12.1. The van der Waals surface area contributed by atoms with Gasteiger partial charge in [-0.2, -0.15) is 5.10 Å². The van der Waals surface area contributed by atoms with Crippen molar-refractivity contribution in [1.29, 1.82) is 0 Å². The van der Waals surface area contributed by atoms with Gasteiger partial charge in [-0.3, -0.25) is 9.48 Å². The van der Waals surface area contributed by atoms with Gasteiger partial charge < -0.3 is 10.3 Å². The summed E-state index contributed by atoms with van der Waals surface area (Å²) in [6, 6.07) is 7.51. The second kappa shape index (κ2) is 6.34. The van der Waals surface area contributed by atoms with Gasteiger partial charge in [-0.25, -0.2) is 4.98 Å². The second-order valence-corrected chi connectivity index (χ2v) is 6.00. The van der Waals surface area contributed by atoms with Crippen molar-refractivity contribution in [3.05, 3.63) is 58.4 Å². The summed E-state index contributed by atoms with van der Waals surface area (Å²) in [7, 11) is 0. The highest BCUT2D eigenvalue weighted by Crippen LogP contribution is 2.11. The molecule has 3 rings (SSSR count). The molecule has 0 aliphatic rings. The Morgan fingerprint density at radius 3 is 2.83 bits per heavy atom. The minimum absolute atomic E-state index is 0.0565. The lowest BCUT2D eigenvalue weighted by atomic mass is 10.2. The quantitative estimate of drug-likeness (QED) is 0.757. The van der Waals surface area contributed by atoms with Gasteiger partial charge in [0.2, 0.25) is 0 Å². The van der Waals surface area contributed by atoms with Crippen LogP contribution in [0.5, 0.6) is 0 Å². The number of hydrogen-bond donors (Lipinski definition) is 2. The van der Waals surface area contributed by atoms with Crippen LogP contribution in [0, 0.1) is 6.92 Å². The zero-order chi connectivity index (χ0) is 16.4. The SMILES string of the molecule is Cc1cnn(C[C@H](C)N[C@@H](C)c2nc3ccccc3c(=O)[nH]2)c1. The van der Waals surface area contributed by atoms with E-state index in [1.165, 1.54) is 0 Å². The molecule has 6 heteroatoms. The molecule has 0 amide bonds. The molecule has 0 saturated heterocycles. The summed E-state index contributed by atoms with van der Waals surface area (Å²) in [5.41, 5.74) is 1.76. The first kappa shape index (κ1) is 15.4. The van der Waals surface area contributed by atoms with Gasteiger partial charge in [-0.15, -0.1) is 0 Å². The Morgan fingerprint density at radius 1 is 1.30 bits per heavy atom. The number of H-pyrrole nitrogens is 1. The van der Waals surface area contributed by atoms with E-state index >= 15 is 0 Å². The van der Waals surface area contributed by atoms with E-state index < -0.39 is 0 Å². The number of fused-ring (bicyclic) bond motifs is 1. The molecule has 0 aliphatic heterocycles. The van der Waals surface area contributed by atoms with E-state index in [1.807, 2.05) is 49.1 Å². The van der Waals surface area contributed by atoms with Crippen LogP contribution >= 0.6 is 0 Å². The van der Waals surface area contributed by atoms with Gasteiger partial charge in [-0.05, 0) is 38.5 Å². The predicted octanol–water partition coefficient (Wildman–Crippen LogP) is 2.17. The first-order valence-corrected chi connectivity index (χ1v) is 7.77. The van der Waals surface area contributed by atoms with Gasteiger partial charge in [0.15, 0.2) is 0 Å². The van der Waals surface area contributed by atoms with Gasteiger partial charge in [-0.1, -0.05) is 12.1 Å². The van der Waals surface area contributed by atoms with E-state index in [0.29, 0.717) is 11.2 Å². The molecule has 1 aromatic carbocycles. The summed E-state index contributed by atoms with van der Waals surface area (Å²) < 4.78 is 1.91. The van der Waals surface area contributed by atoms with E-state index in [2.05, 4.69) is 27.3 Å². The van der Waals surface area contributed by atoms with Gasteiger partial charge >= 0.3 is 0 Å². The molecule has 0 unspecified atom stereocenters. The van der Waals surface area contributed by atoms with Crippen molar-refractivity contribution in [3.8, 4) is 0 Å². The maximum Gasteiger partial charge on any atom is 0.258 e. The molecule has 0 spiro atoms. The van der Waals surface area contributed by atoms with Gasteiger partial charge in [0.1, 0.15) is 5.82 Å². The van der Waals surface area contributed by atoms with Crippen LogP contribution in [0.25, 0.3) is 10.9 Å². The molecule has 2 N–H and O–H groups in total. The molecular weight excluding hydrogens is 290 g/mol. The van der Waals surface area contributed by atoms with Crippen LogP contribution in [-0.2, 0) is 6.54 Å². The first-order valence-electron chi connectivity index (χ1n) is 7.77. The highest BCUT2D eigenvalue weighted by Gasteiger charge is 2.14. The van der Waals surface area contributed by atoms with Gasteiger partial charge in [0, 0.05) is 12.2 Å². The van der Waals surface area contributed by atoms with Crippen molar-refractivity contribution < 1.29 is 0 Å². The van der Waals surface area contributed by atoms with Crippen LogP contribution in [0.4, 0.5) is 0 Å². The van der Waals surface area contributed by atoms with E-state index in [-0.39, 0.29) is 17.6 Å². The number of aromatic amines is 1. The monoisotopic (exact) mass is 311 g/mol. The van der Waals surface area contributed by atoms with Crippen LogP contribution in [0.1, 0.15) is 31.3 Å². The lowest BCUT2D eigenvalue weighted by molar-refractivity contribution is 0.404. The molecule has 2 aromatic heterocycles. The molecule has 3 aromatic rings. The smallest absolute Gasteiger partial charge is 0.258 e. The van der Waals surface area contributed by atoms with Crippen molar-refractivity contribution in [3.63, 3.8) is 0 Å². The zero-order valence-electron chi connectivity index (χ0n) is 13.6. The molecule has 0 bridgehead atoms. The third-order valence-electron chi connectivity index (χ3n) is 3.80. The van der Waals surface area contributed by atoms with Gasteiger partial charge in [0.25, 0.3) is 5.56 Å². The number of aryl methyl sites for hydroxylation is 1. The molecule has 0 aliphatic carbocycles. The summed E-state index contributed by atoms with van der Waals surface area (Å²) >= 11 is 0. The normalized spacial score (nSPS) is 14.0. The third kappa shape index (κ3) is 3.48. The van der Waals surface area contributed by atoms with Crippen LogP contribution in [-0.4, -0.2) is 25.8 Å². The Hall–Kier alpha value is -2.47. The minimum Gasteiger partial charge on any atom is -0.309 e. The molecule has 23 heavy (non-hydrogen) atoms. The highest BCUT2D eigenvalue weighted by molar-refractivity contribution is 5.77. The number of hydrogen-bond acceptors (Lipinski definition) is 4. The summed E-state index contributed by atoms with van der Waals surface area (Å²) in [6.07, 6.45) is 3.86. The fraction of sp³-hybridized carbons (Fsp3) is 0.353. The Morgan fingerprint density at radius 2 is 2.09 bits per heavy atom. The third-order valence-corrected chi connectivity index (χ3v) is 3.80. The van der Waals surface area contributed by atoms with Crippen molar-refractivity contribution >= 4 is 10.9 Å². The molecule has 0 radical (unpaired) electrons. The topological polar surface area (TPSA) is 75.6 Å². The molecule has 0 saturated carbocycles. The van der Waals surface area contributed by atoms with E-state index in [9.17, 15) is 4.79 Å². The standard InChI is InChI=1S/C17H21N5O/c1-11-8-18-22(9-11)10-12(2)19-13(3)16-20-15-7-5-4-6-14(15)17(23)21-16/h4-9,12-13,19H,10H2,1-3H3,(H,20,21,23)/t12-,13-/m0/s1. The fourth-order valence-electron chi connectivity index (χ4n) is 2.72. The lowest BCUT2D eigenvalue weighted by Crippen LogP contribution is -2.34. The van der Waals surface area contributed by atoms with E-state index in [1.54, 1.807) is 6.07 Å². The zero-order valence-corrected chi connectivity index (χ0v) is 13.6. The van der Waals surface area contributed by atoms with Crippen LogP contribution < -0.4 is 10.9 Å². The summed E-state index contributed by atoms with van der Waals surface area (Å²) in [5, 5.41) is 8.36. The van der Waals surface area contributed by atoms with E-state index in [0.717, 1.165) is 17.6 Å². The Kier molecular flexibility index (Phi) is 4.25. The van der Waals surface area contributed by atoms with Crippen LogP contribution in [0.3, 0.4) is 0 Å². The number of aromatic nitrogens is 4. The summed E-state index contributed by atoms with van der Waals surface area (Å²) in [6.45, 7) is 6.87. The van der Waals surface area contributed by atoms with Gasteiger partial charge in [0.05, 0.1) is 29.7 Å². The molecular formula is C17H21N5O. The maximum absolute atomic E-state index is 12.1. The summed E-state index contributed by atoms with van der Waals surface area (Å²) in [4.78, 5) is 19.6. The van der Waals surface area contributed by atoms with Crippen molar-refractivity contribution in [2.45, 2.75) is 39.4 Å². The molecule has 2 heterocycles. The predicted molar refractivity (Wildman–Crippen MR) is 90.3 cm³/mol. The average molecular weight is 311 g/mol. The average Bonchev–Trinajstić information content (AvgIpc) is 2.92.